The van der Waals surface area contributed by atoms with Crippen LogP contribution in [0.25, 0.3) is 0 Å². The monoisotopic (exact) mass is 220 g/mol. The molecule has 0 unspecified atom stereocenters. The molecule has 0 radical (unpaired) electrons. The molecule has 1 rings (SSSR count). The summed E-state index contributed by atoms with van der Waals surface area (Å²) in [5.74, 6) is -0.767. The molecule has 1 aromatic carbocycles. The number of rotatable bonds is 2. The third kappa shape index (κ3) is 2.91. The van der Waals surface area contributed by atoms with Crippen molar-refractivity contribution >= 4 is 17.7 Å². The highest BCUT2D eigenvalue weighted by Crippen LogP contribution is 2.06. The second-order valence-electron chi connectivity index (χ2n) is 3.09. The first kappa shape index (κ1) is 11.9. The Hall–Kier alpha value is -2.17. The van der Waals surface area contributed by atoms with E-state index in [2.05, 4.69) is 9.73 Å². The smallest absolute Gasteiger partial charge is 0.337 e. The van der Waals surface area contributed by atoms with Crippen molar-refractivity contribution in [1.82, 2.24) is 0 Å². The number of aliphatic imine (C=N–C) groups is 1. The molecule has 0 saturated heterocycles. The van der Waals surface area contributed by atoms with E-state index in [1.807, 2.05) is 0 Å². The summed E-state index contributed by atoms with van der Waals surface area (Å²) in [5.41, 5.74) is 6.46. The molecule has 2 N–H and O–H groups in total. The molecule has 0 aromatic heterocycles. The number of hydrogen-bond donors (Lipinski definition) is 1. The average Bonchev–Trinajstić information content (AvgIpc) is 2.27. The molecule has 1 amide bonds. The van der Waals surface area contributed by atoms with E-state index < -0.39 is 5.97 Å². The van der Waals surface area contributed by atoms with E-state index in [1.165, 1.54) is 20.1 Å². The van der Waals surface area contributed by atoms with E-state index in [9.17, 15) is 9.59 Å². The predicted octanol–water partition coefficient (Wildman–Crippen LogP) is 0.725. The maximum absolute atomic E-state index is 11.2. The minimum Gasteiger partial charge on any atom is -0.465 e. The summed E-state index contributed by atoms with van der Waals surface area (Å²) in [6.45, 7) is 1.30. The van der Waals surface area contributed by atoms with Gasteiger partial charge in [-0.15, -0.1) is 0 Å². The fraction of sp³-hybridized carbons (Fsp3) is 0.182. The summed E-state index contributed by atoms with van der Waals surface area (Å²) < 4.78 is 4.57. The first-order valence-electron chi connectivity index (χ1n) is 4.58. The van der Waals surface area contributed by atoms with Crippen LogP contribution >= 0.6 is 0 Å². The number of ether oxygens (including phenoxy) is 1. The lowest BCUT2D eigenvalue weighted by Gasteiger charge is -2.02. The number of nitrogens with two attached hydrogens (primary N) is 1. The largest absolute Gasteiger partial charge is 0.465 e. The molecule has 0 fully saturated rings. The maximum Gasteiger partial charge on any atom is 0.337 e. The molecular weight excluding hydrogens is 208 g/mol. The number of nitrogens with zero attached hydrogens (tertiary/aromatic N) is 1. The van der Waals surface area contributed by atoms with E-state index >= 15 is 0 Å². The number of esters is 1. The number of amides is 1. The number of methoxy groups -OCH3 is 1. The highest BCUT2D eigenvalue weighted by molar-refractivity contribution is 6.04. The molecule has 0 aliphatic carbocycles. The summed E-state index contributed by atoms with van der Waals surface area (Å²) >= 11 is 0. The Morgan fingerprint density at radius 2 is 1.94 bits per heavy atom. The number of carbonyl (C=O) groups is 2. The van der Waals surface area contributed by atoms with Crippen molar-refractivity contribution in [2.75, 3.05) is 7.11 Å². The van der Waals surface area contributed by atoms with Crippen LogP contribution in [0.1, 0.15) is 22.8 Å². The van der Waals surface area contributed by atoms with Gasteiger partial charge in [0.05, 0.1) is 12.7 Å². The Balaban J connectivity index is 3.08. The zero-order chi connectivity index (χ0) is 12.1. The second kappa shape index (κ2) is 5.06. The van der Waals surface area contributed by atoms with Crippen LogP contribution in [0, 0.1) is 0 Å². The van der Waals surface area contributed by atoms with Gasteiger partial charge < -0.3 is 10.5 Å². The van der Waals surface area contributed by atoms with Gasteiger partial charge in [0.2, 0.25) is 5.91 Å². The summed E-state index contributed by atoms with van der Waals surface area (Å²) in [5, 5.41) is 0. The van der Waals surface area contributed by atoms with E-state index in [4.69, 9.17) is 5.73 Å². The van der Waals surface area contributed by atoms with Crippen molar-refractivity contribution in [3.63, 3.8) is 0 Å². The zero-order valence-corrected chi connectivity index (χ0v) is 9.06. The fourth-order valence-corrected chi connectivity index (χ4v) is 1.16. The van der Waals surface area contributed by atoms with Gasteiger partial charge in [-0.3, -0.25) is 4.79 Å². The van der Waals surface area contributed by atoms with E-state index in [0.29, 0.717) is 11.1 Å². The van der Waals surface area contributed by atoms with Crippen LogP contribution in [0.4, 0.5) is 0 Å². The summed E-state index contributed by atoms with van der Waals surface area (Å²) in [7, 11) is 1.29. The topological polar surface area (TPSA) is 81.8 Å². The molecule has 0 bridgehead atoms. The molecule has 1 aromatic rings. The third-order valence-corrected chi connectivity index (χ3v) is 1.86. The Bertz CT molecular complexity index is 452. The van der Waals surface area contributed by atoms with Crippen LogP contribution in [0.5, 0.6) is 0 Å². The molecule has 0 aliphatic heterocycles. The molecular formula is C11H12N2O3. The molecule has 84 valence electrons. The minimum atomic E-state index is -0.461. The van der Waals surface area contributed by atoms with Gasteiger partial charge >= 0.3 is 5.97 Å². The van der Waals surface area contributed by atoms with Crippen molar-refractivity contribution in [3.8, 4) is 0 Å². The van der Waals surface area contributed by atoms with Crippen molar-refractivity contribution in [1.29, 1.82) is 0 Å². The molecule has 0 aliphatic rings. The third-order valence-electron chi connectivity index (χ3n) is 1.86. The van der Waals surface area contributed by atoms with Gasteiger partial charge in [-0.05, 0) is 12.1 Å². The molecule has 0 heterocycles. The Morgan fingerprint density at radius 1 is 1.31 bits per heavy atom. The Labute approximate surface area is 92.9 Å². The van der Waals surface area contributed by atoms with Gasteiger partial charge in [0.25, 0.3) is 0 Å². The molecule has 0 saturated carbocycles. The highest BCUT2D eigenvalue weighted by Gasteiger charge is 2.07. The van der Waals surface area contributed by atoms with Crippen molar-refractivity contribution < 1.29 is 14.3 Å². The van der Waals surface area contributed by atoms with Crippen LogP contribution < -0.4 is 5.73 Å². The maximum atomic E-state index is 11.2. The van der Waals surface area contributed by atoms with Gasteiger partial charge in [0.1, 0.15) is 5.84 Å². The quantitative estimate of drug-likeness (QED) is 0.452. The van der Waals surface area contributed by atoms with Gasteiger partial charge in [0, 0.05) is 12.5 Å². The van der Waals surface area contributed by atoms with Crippen LogP contribution in [0.3, 0.4) is 0 Å². The average molecular weight is 220 g/mol. The fourth-order valence-electron chi connectivity index (χ4n) is 1.16. The van der Waals surface area contributed by atoms with Gasteiger partial charge in [-0.25, -0.2) is 4.79 Å². The van der Waals surface area contributed by atoms with Gasteiger partial charge in [0.15, 0.2) is 0 Å². The number of amidine groups is 1. The minimum absolute atomic E-state index is 0.0817. The molecule has 0 atom stereocenters. The van der Waals surface area contributed by atoms with E-state index in [-0.39, 0.29) is 11.7 Å². The van der Waals surface area contributed by atoms with E-state index in [1.54, 1.807) is 18.2 Å². The van der Waals surface area contributed by atoms with Gasteiger partial charge in [-0.2, -0.15) is 4.99 Å². The Kier molecular flexibility index (Phi) is 3.77. The second-order valence-corrected chi connectivity index (χ2v) is 3.09. The lowest BCUT2D eigenvalue weighted by molar-refractivity contribution is -0.115. The molecule has 5 heteroatoms. The van der Waals surface area contributed by atoms with Crippen molar-refractivity contribution in [3.05, 3.63) is 35.4 Å². The predicted molar refractivity (Wildman–Crippen MR) is 59.2 cm³/mol. The van der Waals surface area contributed by atoms with Crippen LogP contribution in [0.2, 0.25) is 0 Å². The summed E-state index contributed by atoms with van der Waals surface area (Å²) in [4.78, 5) is 25.6. The molecule has 16 heavy (non-hydrogen) atoms. The summed E-state index contributed by atoms with van der Waals surface area (Å²) in [6, 6.07) is 6.42. The SMILES string of the molecule is COC(=O)c1cccc(C(N)=NC(C)=O)c1. The van der Waals surface area contributed by atoms with Gasteiger partial charge in [-0.1, -0.05) is 12.1 Å². The summed E-state index contributed by atoms with van der Waals surface area (Å²) in [6.07, 6.45) is 0. The lowest BCUT2D eigenvalue weighted by atomic mass is 10.1. The zero-order valence-electron chi connectivity index (χ0n) is 9.06. The molecule has 0 spiro atoms. The number of hydrogen-bond acceptors (Lipinski definition) is 3. The van der Waals surface area contributed by atoms with E-state index in [0.717, 1.165) is 0 Å². The first-order valence-corrected chi connectivity index (χ1v) is 4.58. The number of benzene rings is 1. The highest BCUT2D eigenvalue weighted by atomic mass is 16.5. The van der Waals surface area contributed by atoms with Crippen molar-refractivity contribution in [2.45, 2.75) is 6.92 Å². The lowest BCUT2D eigenvalue weighted by Crippen LogP contribution is -2.15. The first-order chi connectivity index (χ1) is 7.54. The Morgan fingerprint density at radius 3 is 2.50 bits per heavy atom. The standard InChI is InChI=1S/C11H12N2O3/c1-7(14)13-10(12)8-4-3-5-9(6-8)11(15)16-2/h3-6H,1-2H3,(H2,12,13,14). The van der Waals surface area contributed by atoms with Crippen LogP contribution in [0.15, 0.2) is 29.3 Å². The molecule has 5 nitrogen and oxygen atoms in total. The number of carbonyl (C=O) groups excluding carboxylic acids is 2. The van der Waals surface area contributed by atoms with Crippen molar-refractivity contribution in [2.24, 2.45) is 10.7 Å². The van der Waals surface area contributed by atoms with Crippen LogP contribution in [-0.4, -0.2) is 24.8 Å². The van der Waals surface area contributed by atoms with Crippen LogP contribution in [-0.2, 0) is 9.53 Å². The normalized spacial score (nSPS) is 11.0.